The van der Waals surface area contributed by atoms with Crippen LogP contribution in [0.2, 0.25) is 0 Å². The van der Waals surface area contributed by atoms with Crippen molar-refractivity contribution in [3.63, 3.8) is 0 Å². The van der Waals surface area contributed by atoms with Crippen molar-refractivity contribution in [3.05, 3.63) is 42.1 Å². The normalized spacial score (nSPS) is 15.9. The lowest BCUT2D eigenvalue weighted by molar-refractivity contribution is -0.139. The highest BCUT2D eigenvalue weighted by molar-refractivity contribution is 6.01. The minimum absolute atomic E-state index is 0.216. The summed E-state index contributed by atoms with van der Waals surface area (Å²) in [4.78, 5) is 23.5. The van der Waals surface area contributed by atoms with Crippen LogP contribution in [0.1, 0.15) is 42.1 Å². The molecular formula is C18H20FN3O3. The number of amides is 1. The molecule has 0 spiro atoms. The van der Waals surface area contributed by atoms with Crippen LogP contribution in [0.15, 0.2) is 36.5 Å². The lowest BCUT2D eigenvalue weighted by atomic mass is 10.1. The number of alkyl halides is 1. The molecule has 1 atom stereocenters. The number of carboxylic acids is 1. The number of carbonyl (C=O) groups is 2. The fraction of sp³-hybridized carbons (Fsp3) is 0.389. The third-order valence-corrected chi connectivity index (χ3v) is 4.52. The number of carboxylic acid groups (broad SMARTS) is 1. The van der Waals surface area contributed by atoms with Gasteiger partial charge in [0.2, 0.25) is 0 Å². The molecule has 1 unspecified atom stereocenters. The monoisotopic (exact) mass is 345 g/mol. The van der Waals surface area contributed by atoms with Crippen LogP contribution in [0.5, 0.6) is 0 Å². The number of halogens is 1. The van der Waals surface area contributed by atoms with Crippen molar-refractivity contribution in [2.24, 2.45) is 0 Å². The van der Waals surface area contributed by atoms with E-state index in [1.807, 2.05) is 35.0 Å². The van der Waals surface area contributed by atoms with Crippen LogP contribution in [0.4, 0.5) is 4.39 Å². The molecule has 2 aromatic rings. The van der Waals surface area contributed by atoms with Gasteiger partial charge in [-0.15, -0.1) is 0 Å². The van der Waals surface area contributed by atoms with E-state index < -0.39 is 24.6 Å². The van der Waals surface area contributed by atoms with E-state index in [4.69, 9.17) is 5.11 Å². The quantitative estimate of drug-likeness (QED) is 0.843. The number of aliphatic carboxylic acids is 1. The number of hydrogen-bond acceptors (Lipinski definition) is 3. The number of rotatable bonds is 6. The number of aromatic nitrogens is 2. The van der Waals surface area contributed by atoms with Gasteiger partial charge in [-0.3, -0.25) is 9.48 Å². The predicted octanol–water partition coefficient (Wildman–Crippen LogP) is 2.82. The molecule has 1 amide bonds. The molecular weight excluding hydrogens is 325 g/mol. The number of nitrogens with one attached hydrogen (secondary N) is 1. The maximum absolute atomic E-state index is 12.8. The summed E-state index contributed by atoms with van der Waals surface area (Å²) in [5.41, 5.74) is 1.73. The standard InChI is InChI=1S/C18H20FN3O3/c19-10-15(18(24)25)21-17(23)14-11-20-22(13-8-4-5-9-13)16(14)12-6-2-1-3-7-12/h1-3,6-7,11,13,15H,4-5,8-10H2,(H,21,23)(H,24,25). The smallest absolute Gasteiger partial charge is 0.328 e. The Morgan fingerprint density at radius 2 is 1.96 bits per heavy atom. The minimum atomic E-state index is -1.56. The summed E-state index contributed by atoms with van der Waals surface area (Å²) in [7, 11) is 0. The molecule has 1 fully saturated rings. The molecule has 25 heavy (non-hydrogen) atoms. The van der Waals surface area contributed by atoms with Crippen LogP contribution >= 0.6 is 0 Å². The summed E-state index contributed by atoms with van der Waals surface area (Å²) in [6.45, 7) is -1.17. The number of hydrogen-bond donors (Lipinski definition) is 2. The first-order chi connectivity index (χ1) is 12.1. The largest absolute Gasteiger partial charge is 0.480 e. The summed E-state index contributed by atoms with van der Waals surface area (Å²) in [5.74, 6) is -2.03. The molecule has 1 saturated carbocycles. The van der Waals surface area contributed by atoms with E-state index in [1.165, 1.54) is 6.20 Å². The Labute approximate surface area is 144 Å². The van der Waals surface area contributed by atoms with E-state index in [9.17, 15) is 14.0 Å². The van der Waals surface area contributed by atoms with Crippen molar-refractivity contribution >= 4 is 11.9 Å². The summed E-state index contributed by atoms with van der Waals surface area (Å²) < 4.78 is 14.7. The average molecular weight is 345 g/mol. The fourth-order valence-corrected chi connectivity index (χ4v) is 3.24. The third kappa shape index (κ3) is 3.55. The Hall–Kier alpha value is -2.70. The molecule has 6 nitrogen and oxygen atoms in total. The minimum Gasteiger partial charge on any atom is -0.480 e. The SMILES string of the molecule is O=C(NC(CF)C(=O)O)c1cnn(C2CCCC2)c1-c1ccccc1. The average Bonchev–Trinajstić information content (AvgIpc) is 3.28. The first-order valence-corrected chi connectivity index (χ1v) is 8.34. The summed E-state index contributed by atoms with van der Waals surface area (Å²) in [6.07, 6.45) is 5.65. The highest BCUT2D eigenvalue weighted by Crippen LogP contribution is 2.34. The van der Waals surface area contributed by atoms with E-state index in [1.54, 1.807) is 0 Å². The third-order valence-electron chi connectivity index (χ3n) is 4.52. The first kappa shape index (κ1) is 17.1. The van der Waals surface area contributed by atoms with Gasteiger partial charge in [-0.25, -0.2) is 9.18 Å². The Balaban J connectivity index is 1.99. The molecule has 1 aliphatic rings. The van der Waals surface area contributed by atoms with Crippen LogP contribution in [0.3, 0.4) is 0 Å². The highest BCUT2D eigenvalue weighted by Gasteiger charge is 2.28. The zero-order chi connectivity index (χ0) is 17.8. The van der Waals surface area contributed by atoms with E-state index in [0.29, 0.717) is 5.69 Å². The maximum Gasteiger partial charge on any atom is 0.328 e. The van der Waals surface area contributed by atoms with Gasteiger partial charge < -0.3 is 10.4 Å². The second-order valence-electron chi connectivity index (χ2n) is 6.17. The molecule has 0 saturated heterocycles. The molecule has 0 bridgehead atoms. The molecule has 1 aromatic carbocycles. The van der Waals surface area contributed by atoms with Crippen molar-refractivity contribution < 1.29 is 19.1 Å². The molecule has 2 N–H and O–H groups in total. The van der Waals surface area contributed by atoms with Gasteiger partial charge in [0, 0.05) is 5.56 Å². The first-order valence-electron chi connectivity index (χ1n) is 8.34. The van der Waals surface area contributed by atoms with Gasteiger partial charge in [0.25, 0.3) is 5.91 Å². The van der Waals surface area contributed by atoms with Crippen molar-refractivity contribution in [2.45, 2.75) is 37.8 Å². The van der Waals surface area contributed by atoms with Crippen molar-refractivity contribution in [2.75, 3.05) is 6.67 Å². The van der Waals surface area contributed by atoms with Gasteiger partial charge in [-0.2, -0.15) is 5.10 Å². The van der Waals surface area contributed by atoms with Crippen LogP contribution in [0.25, 0.3) is 11.3 Å². The topological polar surface area (TPSA) is 84.2 Å². The number of nitrogens with zero attached hydrogens (tertiary/aromatic N) is 2. The van der Waals surface area contributed by atoms with Gasteiger partial charge in [-0.1, -0.05) is 43.2 Å². The van der Waals surface area contributed by atoms with Crippen molar-refractivity contribution in [3.8, 4) is 11.3 Å². The molecule has 1 aromatic heterocycles. The van der Waals surface area contributed by atoms with Crippen molar-refractivity contribution in [1.82, 2.24) is 15.1 Å². The molecule has 132 valence electrons. The maximum atomic E-state index is 12.8. The zero-order valence-corrected chi connectivity index (χ0v) is 13.7. The Kier molecular flexibility index (Phi) is 5.11. The number of benzene rings is 1. The summed E-state index contributed by atoms with van der Waals surface area (Å²) >= 11 is 0. The summed E-state index contributed by atoms with van der Waals surface area (Å²) in [6, 6.07) is 8.02. The van der Waals surface area contributed by atoms with Gasteiger partial charge in [-0.05, 0) is 12.8 Å². The second kappa shape index (κ2) is 7.46. The summed E-state index contributed by atoms with van der Waals surface area (Å²) in [5, 5.41) is 15.6. The fourth-order valence-electron chi connectivity index (χ4n) is 3.24. The zero-order valence-electron chi connectivity index (χ0n) is 13.7. The molecule has 0 aliphatic heterocycles. The number of carbonyl (C=O) groups excluding carboxylic acids is 1. The van der Waals surface area contributed by atoms with Gasteiger partial charge in [0.1, 0.15) is 6.67 Å². The van der Waals surface area contributed by atoms with Gasteiger partial charge in [0.15, 0.2) is 6.04 Å². The van der Waals surface area contributed by atoms with E-state index in [2.05, 4.69) is 10.4 Å². The second-order valence-corrected chi connectivity index (χ2v) is 6.17. The van der Waals surface area contributed by atoms with Crippen LogP contribution in [-0.4, -0.2) is 39.5 Å². The predicted molar refractivity (Wildman–Crippen MR) is 90.0 cm³/mol. The molecule has 1 heterocycles. The van der Waals surface area contributed by atoms with E-state index in [0.717, 1.165) is 31.2 Å². The Morgan fingerprint density at radius 3 is 2.56 bits per heavy atom. The Bertz CT molecular complexity index is 754. The molecule has 1 aliphatic carbocycles. The van der Waals surface area contributed by atoms with Crippen LogP contribution < -0.4 is 5.32 Å². The van der Waals surface area contributed by atoms with Crippen LogP contribution in [0, 0.1) is 0 Å². The molecule has 0 radical (unpaired) electrons. The van der Waals surface area contributed by atoms with Gasteiger partial charge in [0.05, 0.1) is 23.5 Å². The van der Waals surface area contributed by atoms with E-state index in [-0.39, 0.29) is 11.6 Å². The van der Waals surface area contributed by atoms with E-state index >= 15 is 0 Å². The molecule has 3 rings (SSSR count). The van der Waals surface area contributed by atoms with Crippen LogP contribution in [-0.2, 0) is 4.79 Å². The lowest BCUT2D eigenvalue weighted by Crippen LogP contribution is -2.42. The Morgan fingerprint density at radius 1 is 1.28 bits per heavy atom. The van der Waals surface area contributed by atoms with Crippen molar-refractivity contribution in [1.29, 1.82) is 0 Å². The lowest BCUT2D eigenvalue weighted by Gasteiger charge is -2.16. The highest BCUT2D eigenvalue weighted by atomic mass is 19.1. The molecule has 7 heteroatoms. The van der Waals surface area contributed by atoms with Gasteiger partial charge >= 0.3 is 5.97 Å².